The van der Waals surface area contributed by atoms with E-state index >= 15 is 0 Å². The molecule has 3 amide bonds. The number of hydrogen-bond acceptors (Lipinski definition) is 3. The number of fused-ring (bicyclic) bond motifs is 1. The maximum absolute atomic E-state index is 12.2. The van der Waals surface area contributed by atoms with Crippen LogP contribution in [0.4, 0.5) is 4.79 Å². The Balaban J connectivity index is 2.05. The summed E-state index contributed by atoms with van der Waals surface area (Å²) in [5.41, 5.74) is 6.17. The standard InChI is InChI=1S/C17H21N3O3/c1-2-20(17(18)23)15(11-21)16(22)19-10-12-7-8-13-5-3-4-6-14(13)9-12/h3-9,15,21H,2,10-11H2,1H3,(H2,18,23)(H,19,22)/t15-/m1/s1. The molecule has 4 N–H and O–H groups in total. The average molecular weight is 315 g/mol. The van der Waals surface area contributed by atoms with Gasteiger partial charge in [0.15, 0.2) is 0 Å². The second-order valence-electron chi connectivity index (χ2n) is 5.22. The molecule has 23 heavy (non-hydrogen) atoms. The van der Waals surface area contributed by atoms with Gasteiger partial charge >= 0.3 is 6.03 Å². The van der Waals surface area contributed by atoms with Crippen LogP contribution in [0.3, 0.4) is 0 Å². The molecule has 2 rings (SSSR count). The predicted octanol–water partition coefficient (Wildman–Crippen LogP) is 1.22. The van der Waals surface area contributed by atoms with Crippen LogP contribution in [0.25, 0.3) is 10.8 Å². The van der Waals surface area contributed by atoms with E-state index in [-0.39, 0.29) is 6.54 Å². The SMILES string of the molecule is CCN(C(N)=O)[C@H](CO)C(=O)NCc1ccc2ccccc2c1. The lowest BCUT2D eigenvalue weighted by atomic mass is 10.1. The van der Waals surface area contributed by atoms with E-state index in [9.17, 15) is 14.7 Å². The van der Waals surface area contributed by atoms with Gasteiger partial charge in [0.25, 0.3) is 0 Å². The molecule has 0 aromatic heterocycles. The highest BCUT2D eigenvalue weighted by Crippen LogP contribution is 2.15. The lowest BCUT2D eigenvalue weighted by molar-refractivity contribution is -0.126. The van der Waals surface area contributed by atoms with Crippen LogP contribution >= 0.6 is 0 Å². The van der Waals surface area contributed by atoms with Gasteiger partial charge < -0.3 is 21.1 Å². The van der Waals surface area contributed by atoms with Gasteiger partial charge in [-0.05, 0) is 29.3 Å². The molecule has 2 aromatic rings. The summed E-state index contributed by atoms with van der Waals surface area (Å²) in [4.78, 5) is 24.6. The van der Waals surface area contributed by atoms with Crippen LogP contribution in [0.2, 0.25) is 0 Å². The van der Waals surface area contributed by atoms with Crippen molar-refractivity contribution in [3.05, 3.63) is 48.0 Å². The molecular weight excluding hydrogens is 294 g/mol. The Morgan fingerprint density at radius 3 is 2.52 bits per heavy atom. The van der Waals surface area contributed by atoms with Crippen LogP contribution in [0, 0.1) is 0 Å². The number of rotatable bonds is 6. The maximum atomic E-state index is 12.2. The fourth-order valence-electron chi connectivity index (χ4n) is 2.51. The summed E-state index contributed by atoms with van der Waals surface area (Å²) in [5, 5.41) is 14.3. The molecule has 2 aromatic carbocycles. The van der Waals surface area contributed by atoms with E-state index in [1.165, 1.54) is 0 Å². The molecule has 0 spiro atoms. The maximum Gasteiger partial charge on any atom is 0.315 e. The highest BCUT2D eigenvalue weighted by atomic mass is 16.3. The molecule has 0 radical (unpaired) electrons. The molecule has 0 aliphatic heterocycles. The van der Waals surface area contributed by atoms with Crippen molar-refractivity contribution in [3.63, 3.8) is 0 Å². The van der Waals surface area contributed by atoms with E-state index < -0.39 is 24.6 Å². The largest absolute Gasteiger partial charge is 0.394 e. The quantitative estimate of drug-likeness (QED) is 0.748. The minimum atomic E-state index is -0.974. The van der Waals surface area contributed by atoms with Gasteiger partial charge in [-0.15, -0.1) is 0 Å². The van der Waals surface area contributed by atoms with Crippen molar-refractivity contribution in [2.75, 3.05) is 13.2 Å². The lowest BCUT2D eigenvalue weighted by Crippen LogP contribution is -2.53. The Morgan fingerprint density at radius 2 is 1.91 bits per heavy atom. The van der Waals surface area contributed by atoms with Gasteiger partial charge in [0.1, 0.15) is 6.04 Å². The Kier molecular flexibility index (Phi) is 5.54. The molecule has 0 heterocycles. The third kappa shape index (κ3) is 3.98. The number of nitrogens with one attached hydrogen (secondary N) is 1. The molecule has 0 saturated carbocycles. The Morgan fingerprint density at radius 1 is 1.22 bits per heavy atom. The van der Waals surface area contributed by atoms with Gasteiger partial charge in [-0.1, -0.05) is 36.4 Å². The third-order valence-corrected chi connectivity index (χ3v) is 3.76. The van der Waals surface area contributed by atoms with Crippen LogP contribution in [-0.4, -0.2) is 41.1 Å². The lowest BCUT2D eigenvalue weighted by Gasteiger charge is -2.26. The van der Waals surface area contributed by atoms with Gasteiger partial charge in [-0.2, -0.15) is 0 Å². The average Bonchev–Trinajstić information content (AvgIpc) is 2.56. The number of carbonyl (C=O) groups excluding carboxylic acids is 2. The minimum absolute atomic E-state index is 0.254. The van der Waals surface area contributed by atoms with E-state index in [1.54, 1.807) is 6.92 Å². The highest BCUT2D eigenvalue weighted by molar-refractivity contribution is 5.87. The number of benzene rings is 2. The van der Waals surface area contributed by atoms with Gasteiger partial charge in [0, 0.05) is 13.1 Å². The fourth-order valence-corrected chi connectivity index (χ4v) is 2.51. The molecule has 6 heteroatoms. The topological polar surface area (TPSA) is 95.7 Å². The van der Waals surface area contributed by atoms with Crippen molar-refractivity contribution >= 4 is 22.7 Å². The number of aliphatic hydroxyl groups excluding tert-OH is 1. The number of likely N-dealkylation sites (N-methyl/N-ethyl adjacent to an activating group) is 1. The van der Waals surface area contributed by atoms with Crippen molar-refractivity contribution in [1.29, 1.82) is 0 Å². The summed E-state index contributed by atoms with van der Waals surface area (Å²) in [6, 6.07) is 12.2. The van der Waals surface area contributed by atoms with Gasteiger partial charge in [-0.3, -0.25) is 4.79 Å². The first-order chi connectivity index (χ1) is 11.1. The Labute approximate surface area is 134 Å². The van der Waals surface area contributed by atoms with Crippen LogP contribution in [0.1, 0.15) is 12.5 Å². The third-order valence-electron chi connectivity index (χ3n) is 3.76. The fraction of sp³-hybridized carbons (Fsp3) is 0.294. The van der Waals surface area contributed by atoms with Crippen LogP contribution in [0.15, 0.2) is 42.5 Å². The van der Waals surface area contributed by atoms with Crippen molar-refractivity contribution < 1.29 is 14.7 Å². The molecule has 6 nitrogen and oxygen atoms in total. The summed E-state index contributed by atoms with van der Waals surface area (Å²) < 4.78 is 0. The number of nitrogens with zero attached hydrogens (tertiary/aromatic N) is 1. The first kappa shape index (κ1) is 16.8. The Bertz CT molecular complexity index is 702. The van der Waals surface area contributed by atoms with Crippen LogP contribution in [-0.2, 0) is 11.3 Å². The minimum Gasteiger partial charge on any atom is -0.394 e. The molecule has 0 unspecified atom stereocenters. The molecule has 122 valence electrons. The molecule has 1 atom stereocenters. The number of primary amides is 1. The van der Waals surface area contributed by atoms with Crippen molar-refractivity contribution in [1.82, 2.24) is 10.2 Å². The van der Waals surface area contributed by atoms with Gasteiger partial charge in [-0.25, -0.2) is 4.79 Å². The number of urea groups is 1. The van der Waals surface area contributed by atoms with Crippen molar-refractivity contribution in [3.8, 4) is 0 Å². The van der Waals surface area contributed by atoms with E-state index in [2.05, 4.69) is 5.32 Å². The van der Waals surface area contributed by atoms with E-state index in [4.69, 9.17) is 5.73 Å². The van der Waals surface area contributed by atoms with Gasteiger partial charge in [0.2, 0.25) is 5.91 Å². The Hall–Kier alpha value is -2.60. The number of nitrogens with two attached hydrogens (primary N) is 1. The van der Waals surface area contributed by atoms with Crippen molar-refractivity contribution in [2.45, 2.75) is 19.5 Å². The molecule has 0 fully saturated rings. The second kappa shape index (κ2) is 7.60. The number of carbonyl (C=O) groups is 2. The summed E-state index contributed by atoms with van der Waals surface area (Å²) in [7, 11) is 0. The molecule has 0 bridgehead atoms. The van der Waals surface area contributed by atoms with E-state index in [0.29, 0.717) is 6.54 Å². The van der Waals surface area contributed by atoms with E-state index in [0.717, 1.165) is 21.2 Å². The highest BCUT2D eigenvalue weighted by Gasteiger charge is 2.26. The predicted molar refractivity (Wildman–Crippen MR) is 88.6 cm³/mol. The molecular formula is C17H21N3O3. The second-order valence-corrected chi connectivity index (χ2v) is 5.22. The summed E-state index contributed by atoms with van der Waals surface area (Å²) in [5.74, 6) is -0.429. The van der Waals surface area contributed by atoms with Crippen molar-refractivity contribution in [2.24, 2.45) is 5.73 Å². The molecule has 0 saturated heterocycles. The first-order valence-electron chi connectivity index (χ1n) is 7.49. The zero-order valence-corrected chi connectivity index (χ0v) is 13.0. The summed E-state index contributed by atoms with van der Waals surface area (Å²) in [6.07, 6.45) is 0. The first-order valence-corrected chi connectivity index (χ1v) is 7.49. The summed E-state index contributed by atoms with van der Waals surface area (Å²) in [6.45, 7) is 1.80. The molecule has 0 aliphatic rings. The normalized spacial score (nSPS) is 11.9. The number of aliphatic hydroxyl groups is 1. The monoisotopic (exact) mass is 315 g/mol. The van der Waals surface area contributed by atoms with Gasteiger partial charge in [0.05, 0.1) is 6.61 Å². The number of hydrogen-bond donors (Lipinski definition) is 3. The van der Waals surface area contributed by atoms with Crippen LogP contribution < -0.4 is 11.1 Å². The number of amides is 3. The smallest absolute Gasteiger partial charge is 0.315 e. The van der Waals surface area contributed by atoms with Crippen LogP contribution in [0.5, 0.6) is 0 Å². The zero-order chi connectivity index (χ0) is 16.8. The van der Waals surface area contributed by atoms with E-state index in [1.807, 2.05) is 42.5 Å². The molecule has 0 aliphatic carbocycles. The zero-order valence-electron chi connectivity index (χ0n) is 13.0. The summed E-state index contributed by atoms with van der Waals surface area (Å²) >= 11 is 0.